The summed E-state index contributed by atoms with van der Waals surface area (Å²) < 4.78 is 24.2. The molecular formula is C11H11ClN4O4S. The fourth-order valence-electron chi connectivity index (χ4n) is 2.43. The molecule has 10 heteroatoms. The summed E-state index contributed by atoms with van der Waals surface area (Å²) in [5.41, 5.74) is 0.636. The minimum atomic E-state index is -3.51. The highest BCUT2D eigenvalue weighted by Gasteiger charge is 2.45. The summed E-state index contributed by atoms with van der Waals surface area (Å²) in [5.74, 6) is -0.271. The van der Waals surface area contributed by atoms with Gasteiger partial charge in [-0.05, 0) is 0 Å². The van der Waals surface area contributed by atoms with E-state index in [0.29, 0.717) is 5.70 Å². The highest BCUT2D eigenvalue weighted by molar-refractivity contribution is 7.92. The predicted molar refractivity (Wildman–Crippen MR) is 73.8 cm³/mol. The summed E-state index contributed by atoms with van der Waals surface area (Å²) in [7, 11) is -3.51. The molecule has 1 amide bonds. The van der Waals surface area contributed by atoms with Gasteiger partial charge in [0.1, 0.15) is 23.2 Å². The molecule has 2 unspecified atom stereocenters. The van der Waals surface area contributed by atoms with E-state index in [1.54, 1.807) is 6.20 Å². The largest absolute Gasteiger partial charge is 0.530 e. The highest BCUT2D eigenvalue weighted by Crippen LogP contribution is 2.35. The van der Waals surface area contributed by atoms with E-state index in [0.717, 1.165) is 4.90 Å². The molecule has 3 aliphatic rings. The zero-order valence-corrected chi connectivity index (χ0v) is 12.3. The molecule has 21 heavy (non-hydrogen) atoms. The second kappa shape index (κ2) is 4.65. The maximum Gasteiger partial charge on any atom is 0.218 e. The first-order valence-corrected chi connectivity index (χ1v) is 8.15. The molecule has 0 bridgehead atoms. The molecule has 0 N–H and O–H groups in total. The standard InChI is InChI=1S/C11H11ClN4O4S/c12-16-3-1-13-5-8(16)10(14-7-16)9-6-15(11(17)18)2-4-21(9,19)20/h1,3,5,7,9H,2,4,6H2. The zero-order chi connectivity index (χ0) is 15.3. The van der Waals surface area contributed by atoms with Crippen LogP contribution in [0.5, 0.6) is 0 Å². The first kappa shape index (κ1) is 14.2. The monoisotopic (exact) mass is 330 g/mol. The Labute approximate surface area is 126 Å². The number of aliphatic imine (C=N–C) groups is 2. The molecule has 2 atom stereocenters. The van der Waals surface area contributed by atoms with Gasteiger partial charge in [0, 0.05) is 13.1 Å². The minimum absolute atomic E-state index is 0.0949. The fourth-order valence-corrected chi connectivity index (χ4v) is 4.34. The van der Waals surface area contributed by atoms with Crippen molar-refractivity contribution in [2.45, 2.75) is 5.25 Å². The van der Waals surface area contributed by atoms with E-state index in [1.807, 2.05) is 0 Å². The summed E-state index contributed by atoms with van der Waals surface area (Å²) in [5, 5.41) is 9.91. The number of nitrogens with zero attached hydrogens (tertiary/aromatic N) is 4. The lowest BCUT2D eigenvalue weighted by Crippen LogP contribution is -2.53. The van der Waals surface area contributed by atoms with Crippen molar-refractivity contribution in [1.29, 1.82) is 0 Å². The summed E-state index contributed by atoms with van der Waals surface area (Å²) >= 11 is 6.29. The number of allylic oxidation sites excluding steroid dienone is 1. The number of quaternary nitrogens is 1. The Morgan fingerprint density at radius 1 is 1.52 bits per heavy atom. The maximum atomic E-state index is 12.3. The van der Waals surface area contributed by atoms with E-state index >= 15 is 0 Å². The van der Waals surface area contributed by atoms with Crippen LogP contribution in [-0.4, -0.2) is 60.1 Å². The number of sulfone groups is 1. The van der Waals surface area contributed by atoms with Gasteiger partial charge in [-0.25, -0.2) is 8.42 Å². The van der Waals surface area contributed by atoms with E-state index in [9.17, 15) is 18.3 Å². The third-order valence-corrected chi connectivity index (χ3v) is 5.96. The van der Waals surface area contributed by atoms with E-state index in [4.69, 9.17) is 11.8 Å². The third kappa shape index (κ3) is 2.27. The van der Waals surface area contributed by atoms with Crippen LogP contribution < -0.4 is 5.11 Å². The smallest absolute Gasteiger partial charge is 0.218 e. The normalized spacial score (nSPS) is 33.4. The van der Waals surface area contributed by atoms with Gasteiger partial charge < -0.3 is 14.8 Å². The van der Waals surface area contributed by atoms with Gasteiger partial charge in [0.15, 0.2) is 21.6 Å². The molecule has 1 saturated heterocycles. The van der Waals surface area contributed by atoms with E-state index in [2.05, 4.69) is 9.98 Å². The van der Waals surface area contributed by atoms with Crippen molar-refractivity contribution in [2.24, 2.45) is 9.98 Å². The lowest BCUT2D eigenvalue weighted by atomic mass is 10.2. The number of carbonyl (C=O) groups excluding carboxylic acids is 1. The highest BCUT2D eigenvalue weighted by atomic mass is 35.5. The Morgan fingerprint density at radius 3 is 3.00 bits per heavy atom. The number of fused-ring (bicyclic) bond motifs is 1. The maximum absolute atomic E-state index is 12.3. The Morgan fingerprint density at radius 2 is 2.29 bits per heavy atom. The SMILES string of the molecule is O=C([O-])N1CCS(=O)(=O)C(C2=C3C=NC=C[N+]3(Cl)C=N2)C1. The minimum Gasteiger partial charge on any atom is -0.530 e. The topological polar surface area (TPSA) is 102 Å². The van der Waals surface area contributed by atoms with E-state index in [-0.39, 0.29) is 28.5 Å². The fraction of sp³-hybridized carbons (Fsp3) is 0.364. The van der Waals surface area contributed by atoms with Crippen LogP contribution >= 0.6 is 11.8 Å². The van der Waals surface area contributed by atoms with Crippen LogP contribution in [0.15, 0.2) is 33.8 Å². The number of amides is 1. The van der Waals surface area contributed by atoms with Crippen molar-refractivity contribution < 1.29 is 22.3 Å². The Hall–Kier alpha value is -1.71. The molecule has 0 aromatic carbocycles. The molecule has 1 fully saturated rings. The van der Waals surface area contributed by atoms with E-state index < -0.39 is 21.2 Å². The summed E-state index contributed by atoms with van der Waals surface area (Å²) in [4.78, 5) is 20.0. The molecule has 3 aliphatic heterocycles. The lowest BCUT2D eigenvalue weighted by molar-refractivity contribution is -0.592. The second-order valence-electron chi connectivity index (χ2n) is 4.85. The van der Waals surface area contributed by atoms with Gasteiger partial charge in [-0.2, -0.15) is 4.99 Å². The van der Waals surface area contributed by atoms with Gasteiger partial charge in [-0.15, -0.1) is 4.00 Å². The van der Waals surface area contributed by atoms with Crippen molar-refractivity contribution in [3.63, 3.8) is 0 Å². The van der Waals surface area contributed by atoms with Crippen LogP contribution in [-0.2, 0) is 9.84 Å². The van der Waals surface area contributed by atoms with Crippen molar-refractivity contribution >= 4 is 40.3 Å². The van der Waals surface area contributed by atoms with Gasteiger partial charge in [0.05, 0.1) is 18.2 Å². The quantitative estimate of drug-likeness (QED) is 0.588. The molecule has 3 rings (SSSR count). The van der Waals surface area contributed by atoms with Gasteiger partial charge in [-0.3, -0.25) is 4.99 Å². The molecule has 0 aliphatic carbocycles. The molecule has 0 aromatic rings. The number of hydrogen-bond donors (Lipinski definition) is 0. The van der Waals surface area contributed by atoms with Crippen LogP contribution in [0.1, 0.15) is 0 Å². The molecule has 0 aromatic heterocycles. The Balaban J connectivity index is 2.04. The predicted octanol–water partition coefficient (Wildman–Crippen LogP) is -0.792. The summed E-state index contributed by atoms with van der Waals surface area (Å²) in [6.07, 6.45) is 4.43. The van der Waals surface area contributed by atoms with Crippen molar-refractivity contribution in [1.82, 2.24) is 4.90 Å². The first-order valence-electron chi connectivity index (χ1n) is 6.10. The number of hydrogen-bond acceptors (Lipinski definition) is 6. The number of halogens is 1. The molecule has 8 nitrogen and oxygen atoms in total. The molecule has 0 spiro atoms. The van der Waals surface area contributed by atoms with Crippen LogP contribution in [0.3, 0.4) is 0 Å². The molecule has 3 heterocycles. The average molecular weight is 331 g/mol. The van der Waals surface area contributed by atoms with Crippen molar-refractivity contribution in [3.05, 3.63) is 23.8 Å². The molecule has 0 radical (unpaired) electrons. The Bertz CT molecular complexity index is 727. The van der Waals surface area contributed by atoms with Gasteiger partial charge in [-0.1, -0.05) is 0 Å². The summed E-state index contributed by atoms with van der Waals surface area (Å²) in [6.45, 7) is -0.308. The van der Waals surface area contributed by atoms with Crippen LogP contribution in [0.2, 0.25) is 0 Å². The van der Waals surface area contributed by atoms with Crippen LogP contribution in [0.25, 0.3) is 0 Å². The summed E-state index contributed by atoms with van der Waals surface area (Å²) in [6, 6.07) is 0. The Kier molecular flexibility index (Phi) is 3.15. The number of carbonyl (C=O) groups is 1. The van der Waals surface area contributed by atoms with Crippen molar-refractivity contribution in [3.8, 4) is 0 Å². The third-order valence-electron chi connectivity index (χ3n) is 3.59. The van der Waals surface area contributed by atoms with Crippen molar-refractivity contribution in [2.75, 3.05) is 18.8 Å². The van der Waals surface area contributed by atoms with Crippen LogP contribution in [0, 0.1) is 0 Å². The van der Waals surface area contributed by atoms with Crippen LogP contribution in [0.4, 0.5) is 4.79 Å². The van der Waals surface area contributed by atoms with Gasteiger partial charge >= 0.3 is 0 Å². The molecule has 0 saturated carbocycles. The average Bonchev–Trinajstić information content (AvgIpc) is 2.75. The number of rotatable bonds is 1. The lowest BCUT2D eigenvalue weighted by Gasteiger charge is -2.34. The van der Waals surface area contributed by atoms with Gasteiger partial charge in [0.25, 0.3) is 0 Å². The second-order valence-corrected chi connectivity index (χ2v) is 7.71. The van der Waals surface area contributed by atoms with E-state index in [1.165, 1.54) is 18.8 Å². The zero-order valence-electron chi connectivity index (χ0n) is 10.7. The molecular weight excluding hydrogens is 320 g/mol. The molecule has 112 valence electrons. The van der Waals surface area contributed by atoms with Gasteiger partial charge in [0.2, 0.25) is 12.0 Å². The number of carboxylic acid groups (broad SMARTS) is 1. The first-order chi connectivity index (χ1) is 9.83.